The fourth-order valence-corrected chi connectivity index (χ4v) is 1.70. The molecule has 10 N–H and O–H groups in total. The molecular weight excluding hydrogens is 354 g/mol. The van der Waals surface area contributed by atoms with Gasteiger partial charge in [-0.1, -0.05) is 0 Å². The number of rotatable bonds is 11. The Morgan fingerprint density at radius 3 is 2.04 bits per heavy atom. The summed E-state index contributed by atoms with van der Waals surface area (Å²) in [5.74, 6) is -5.28. The molecule has 0 fully saturated rings. The Morgan fingerprint density at radius 2 is 1.62 bits per heavy atom. The Bertz CT molecular complexity index is 553. The number of aliphatic hydroxyl groups is 2. The number of hydrogen-bond acceptors (Lipinski definition) is 8. The molecule has 4 unspecified atom stereocenters. The van der Waals surface area contributed by atoms with Crippen LogP contribution in [0.15, 0.2) is 0 Å². The third kappa shape index (κ3) is 8.36. The number of aliphatic carboxylic acids is 1. The molecular formula is C13H23N5O8. The van der Waals surface area contributed by atoms with Gasteiger partial charge in [0.25, 0.3) is 0 Å². The van der Waals surface area contributed by atoms with Gasteiger partial charge in [-0.3, -0.25) is 24.0 Å². The average Bonchev–Trinajstić information content (AvgIpc) is 2.54. The Hall–Kier alpha value is -2.77. The van der Waals surface area contributed by atoms with Crippen molar-refractivity contribution in [2.75, 3.05) is 13.2 Å². The molecule has 0 aliphatic carbocycles. The van der Waals surface area contributed by atoms with Gasteiger partial charge in [-0.15, -0.1) is 0 Å². The number of carboxylic acid groups (broad SMARTS) is 1. The Balaban J connectivity index is 5.15. The lowest BCUT2D eigenvalue weighted by Gasteiger charge is -2.24. The van der Waals surface area contributed by atoms with Crippen LogP contribution in [0.5, 0.6) is 0 Å². The molecule has 13 heteroatoms. The molecule has 0 radical (unpaired) electrons. The summed E-state index contributed by atoms with van der Waals surface area (Å²) in [7, 11) is 0. The third-order valence-electron chi connectivity index (χ3n) is 3.05. The molecule has 4 amide bonds. The van der Waals surface area contributed by atoms with E-state index in [1.54, 1.807) is 0 Å². The van der Waals surface area contributed by atoms with Crippen molar-refractivity contribution < 1.29 is 39.3 Å². The van der Waals surface area contributed by atoms with Crippen LogP contribution in [0.3, 0.4) is 0 Å². The summed E-state index contributed by atoms with van der Waals surface area (Å²) < 4.78 is 0. The number of carbonyl (C=O) groups is 5. The molecule has 0 saturated heterocycles. The Kier molecular flexibility index (Phi) is 9.80. The van der Waals surface area contributed by atoms with Gasteiger partial charge in [0.1, 0.15) is 24.7 Å². The summed E-state index contributed by atoms with van der Waals surface area (Å²) in [5, 5.41) is 33.1. The second kappa shape index (κ2) is 11.0. The van der Waals surface area contributed by atoms with E-state index >= 15 is 0 Å². The monoisotopic (exact) mass is 377 g/mol. The van der Waals surface area contributed by atoms with Crippen molar-refractivity contribution in [3.63, 3.8) is 0 Å². The van der Waals surface area contributed by atoms with E-state index in [4.69, 9.17) is 21.7 Å². The van der Waals surface area contributed by atoms with Gasteiger partial charge in [0.2, 0.25) is 23.6 Å². The first-order valence-corrected chi connectivity index (χ1v) is 7.42. The van der Waals surface area contributed by atoms with E-state index in [1.807, 2.05) is 5.32 Å². The number of carboxylic acids is 1. The highest BCUT2D eigenvalue weighted by Crippen LogP contribution is 1.99. The van der Waals surface area contributed by atoms with Gasteiger partial charge >= 0.3 is 5.97 Å². The second-order valence-electron chi connectivity index (χ2n) is 5.36. The van der Waals surface area contributed by atoms with Gasteiger partial charge in [0.15, 0.2) is 0 Å². The Labute approximate surface area is 148 Å². The first-order valence-electron chi connectivity index (χ1n) is 7.42. The predicted molar refractivity (Wildman–Crippen MR) is 85.1 cm³/mol. The fraction of sp³-hybridized carbons (Fsp3) is 0.615. The van der Waals surface area contributed by atoms with E-state index in [-0.39, 0.29) is 0 Å². The zero-order valence-corrected chi connectivity index (χ0v) is 14.0. The summed E-state index contributed by atoms with van der Waals surface area (Å²) in [4.78, 5) is 57.3. The van der Waals surface area contributed by atoms with Gasteiger partial charge in [0, 0.05) is 0 Å². The average molecular weight is 377 g/mol. The number of nitrogens with two attached hydrogens (primary N) is 2. The summed E-state index contributed by atoms with van der Waals surface area (Å²) in [6.45, 7) is -0.302. The lowest BCUT2D eigenvalue weighted by molar-refractivity contribution is -0.139. The smallest absolute Gasteiger partial charge is 0.322 e. The van der Waals surface area contributed by atoms with Crippen LogP contribution in [0.1, 0.15) is 13.3 Å². The van der Waals surface area contributed by atoms with Gasteiger partial charge < -0.3 is 42.7 Å². The van der Waals surface area contributed by atoms with Crippen molar-refractivity contribution in [1.82, 2.24) is 16.0 Å². The first-order chi connectivity index (χ1) is 12.0. The van der Waals surface area contributed by atoms with Crippen molar-refractivity contribution >= 4 is 29.6 Å². The van der Waals surface area contributed by atoms with Crippen molar-refractivity contribution in [2.45, 2.75) is 37.6 Å². The van der Waals surface area contributed by atoms with E-state index in [2.05, 4.69) is 10.6 Å². The molecule has 148 valence electrons. The van der Waals surface area contributed by atoms with Gasteiger partial charge in [0.05, 0.1) is 19.1 Å². The highest BCUT2D eigenvalue weighted by Gasteiger charge is 2.31. The third-order valence-corrected chi connectivity index (χ3v) is 3.05. The lowest BCUT2D eigenvalue weighted by atomic mass is 10.1. The molecule has 0 bridgehead atoms. The minimum absolute atomic E-state index is 0.640. The second-order valence-corrected chi connectivity index (χ2v) is 5.36. The molecule has 0 heterocycles. The van der Waals surface area contributed by atoms with Crippen molar-refractivity contribution in [3.05, 3.63) is 0 Å². The molecule has 0 aliphatic rings. The minimum atomic E-state index is -1.55. The highest BCUT2D eigenvalue weighted by atomic mass is 16.4. The van der Waals surface area contributed by atoms with Gasteiger partial charge in [-0.2, -0.15) is 0 Å². The van der Waals surface area contributed by atoms with E-state index < -0.39 is 73.4 Å². The molecule has 0 aromatic heterocycles. The van der Waals surface area contributed by atoms with Crippen LogP contribution in [-0.2, 0) is 24.0 Å². The molecule has 0 spiro atoms. The number of primary amides is 1. The maximum absolute atomic E-state index is 12.2. The van der Waals surface area contributed by atoms with Gasteiger partial charge in [-0.05, 0) is 6.92 Å². The quantitative estimate of drug-likeness (QED) is 0.171. The topological polar surface area (TPSA) is 234 Å². The van der Waals surface area contributed by atoms with Crippen LogP contribution in [-0.4, -0.2) is 82.3 Å². The normalized spacial score (nSPS) is 15.1. The van der Waals surface area contributed by atoms with Crippen LogP contribution < -0.4 is 27.4 Å². The maximum atomic E-state index is 12.2. The first kappa shape index (κ1) is 23.2. The Morgan fingerprint density at radius 1 is 1.04 bits per heavy atom. The van der Waals surface area contributed by atoms with Crippen LogP contribution in [0.25, 0.3) is 0 Å². The molecule has 0 saturated carbocycles. The van der Waals surface area contributed by atoms with Gasteiger partial charge in [-0.25, -0.2) is 0 Å². The fourth-order valence-electron chi connectivity index (χ4n) is 1.70. The lowest BCUT2D eigenvalue weighted by Crippen LogP contribution is -2.59. The number of carbonyl (C=O) groups excluding carboxylic acids is 4. The molecule has 0 aliphatic heterocycles. The van der Waals surface area contributed by atoms with Crippen LogP contribution in [0.2, 0.25) is 0 Å². The summed E-state index contributed by atoms with van der Waals surface area (Å²) in [6, 6.07) is -4.43. The standard InChI is InChI=1S/C13H23N5O8/c1-5(20)10(13(26)16-3-9(22)23)18-12(25)7(2-8(15)21)17-11(24)6(14)4-19/h5-7,10,19-20H,2-4,14H2,1H3,(H2,15,21)(H,16,26)(H,17,24)(H,18,25)(H,22,23). The molecule has 0 aromatic carbocycles. The predicted octanol–water partition coefficient (Wildman–Crippen LogP) is -5.27. The van der Waals surface area contributed by atoms with Crippen LogP contribution in [0, 0.1) is 0 Å². The van der Waals surface area contributed by atoms with E-state index in [1.165, 1.54) is 0 Å². The number of aliphatic hydroxyl groups excluding tert-OH is 2. The van der Waals surface area contributed by atoms with Crippen LogP contribution in [0.4, 0.5) is 0 Å². The summed E-state index contributed by atoms with van der Waals surface area (Å²) in [6.07, 6.45) is -2.06. The molecule has 26 heavy (non-hydrogen) atoms. The zero-order chi connectivity index (χ0) is 20.4. The summed E-state index contributed by atoms with van der Waals surface area (Å²) in [5.41, 5.74) is 10.3. The van der Waals surface area contributed by atoms with E-state index in [0.717, 1.165) is 6.92 Å². The summed E-state index contributed by atoms with van der Waals surface area (Å²) >= 11 is 0. The molecule has 4 atom stereocenters. The number of nitrogens with one attached hydrogen (secondary N) is 3. The zero-order valence-electron chi connectivity index (χ0n) is 14.0. The highest BCUT2D eigenvalue weighted by molar-refractivity contribution is 5.96. The molecule has 0 rings (SSSR count). The number of amides is 4. The minimum Gasteiger partial charge on any atom is -0.480 e. The largest absolute Gasteiger partial charge is 0.480 e. The SMILES string of the molecule is CC(O)C(NC(=O)C(CC(N)=O)NC(=O)C(N)CO)C(=O)NCC(=O)O. The van der Waals surface area contributed by atoms with Crippen molar-refractivity contribution in [3.8, 4) is 0 Å². The van der Waals surface area contributed by atoms with Crippen LogP contribution >= 0.6 is 0 Å². The molecule has 0 aromatic rings. The van der Waals surface area contributed by atoms with E-state index in [0.29, 0.717) is 0 Å². The molecule has 13 nitrogen and oxygen atoms in total. The number of hydrogen-bond donors (Lipinski definition) is 8. The van der Waals surface area contributed by atoms with Crippen molar-refractivity contribution in [1.29, 1.82) is 0 Å². The van der Waals surface area contributed by atoms with Crippen molar-refractivity contribution in [2.24, 2.45) is 11.5 Å². The van der Waals surface area contributed by atoms with E-state index in [9.17, 15) is 29.1 Å². The maximum Gasteiger partial charge on any atom is 0.322 e.